The minimum Gasteiger partial charge on any atom is -0.396 e. The fourth-order valence-electron chi connectivity index (χ4n) is 1.68. The van der Waals surface area contributed by atoms with E-state index in [-0.39, 0.29) is 18.6 Å². The molecule has 0 aromatic heterocycles. The topological polar surface area (TPSA) is 49.3 Å². The third-order valence-electron chi connectivity index (χ3n) is 2.30. The highest BCUT2D eigenvalue weighted by molar-refractivity contribution is 5.99. The molecule has 1 amide bonds. The van der Waals surface area contributed by atoms with Crippen molar-refractivity contribution < 1.29 is 9.90 Å². The zero-order valence-corrected chi connectivity index (χ0v) is 9.16. The molecule has 0 saturated carbocycles. The van der Waals surface area contributed by atoms with E-state index in [1.54, 1.807) is 0 Å². The normalized spacial score (nSPS) is 17.5. The Hall–Kier alpha value is -1.35. The van der Waals surface area contributed by atoms with E-state index in [0.717, 1.165) is 11.1 Å². The van der Waals surface area contributed by atoms with Crippen LogP contribution < -0.4 is 5.32 Å². The number of carbonyl (C=O) groups excluding carboxylic acids is 1. The van der Waals surface area contributed by atoms with Crippen LogP contribution >= 0.6 is 0 Å². The number of hydrogen-bond donors (Lipinski definition) is 2. The van der Waals surface area contributed by atoms with Crippen LogP contribution in [0.25, 0.3) is 0 Å². The molecule has 0 radical (unpaired) electrons. The monoisotopic (exact) mass is 207 g/mol. The average Bonchev–Trinajstić information content (AvgIpc) is 2.61. The van der Waals surface area contributed by atoms with Gasteiger partial charge in [0.2, 0.25) is 0 Å². The molecule has 3 nitrogen and oxygen atoms in total. The number of fused-ring (bicyclic) bond motifs is 1. The Bertz CT molecular complexity index is 336. The SMILES string of the molecule is CC.O=C1N[C@@H](CCO)c2ccccc21. The molecular weight excluding hydrogens is 190 g/mol. The van der Waals surface area contributed by atoms with Crippen LogP contribution in [0.3, 0.4) is 0 Å². The van der Waals surface area contributed by atoms with Gasteiger partial charge in [0.25, 0.3) is 5.91 Å². The largest absolute Gasteiger partial charge is 0.396 e. The fraction of sp³-hybridized carbons (Fsp3) is 0.417. The van der Waals surface area contributed by atoms with Gasteiger partial charge in [-0.1, -0.05) is 32.0 Å². The number of hydrogen-bond acceptors (Lipinski definition) is 2. The molecule has 1 aromatic rings. The third kappa shape index (κ3) is 2.36. The number of aliphatic hydroxyl groups excluding tert-OH is 1. The number of aliphatic hydroxyl groups is 1. The summed E-state index contributed by atoms with van der Waals surface area (Å²) in [6.07, 6.45) is 0.586. The first-order valence-electron chi connectivity index (χ1n) is 5.33. The van der Waals surface area contributed by atoms with E-state index in [9.17, 15) is 4.79 Å². The second-order valence-electron chi connectivity index (χ2n) is 3.13. The highest BCUT2D eigenvalue weighted by Gasteiger charge is 2.26. The maximum absolute atomic E-state index is 11.4. The van der Waals surface area contributed by atoms with Gasteiger partial charge in [0.05, 0.1) is 6.04 Å². The summed E-state index contributed by atoms with van der Waals surface area (Å²) in [5.41, 5.74) is 1.74. The fourth-order valence-corrected chi connectivity index (χ4v) is 1.68. The smallest absolute Gasteiger partial charge is 0.252 e. The zero-order valence-electron chi connectivity index (χ0n) is 9.16. The molecule has 0 spiro atoms. The molecule has 82 valence electrons. The predicted molar refractivity (Wildman–Crippen MR) is 59.7 cm³/mol. The summed E-state index contributed by atoms with van der Waals surface area (Å²) in [6, 6.07) is 7.48. The van der Waals surface area contributed by atoms with Crippen molar-refractivity contribution in [3.8, 4) is 0 Å². The van der Waals surface area contributed by atoms with Crippen LogP contribution in [-0.2, 0) is 0 Å². The second-order valence-corrected chi connectivity index (χ2v) is 3.13. The first-order valence-corrected chi connectivity index (χ1v) is 5.33. The van der Waals surface area contributed by atoms with Crippen molar-refractivity contribution >= 4 is 5.91 Å². The van der Waals surface area contributed by atoms with Crippen LogP contribution in [0, 0.1) is 0 Å². The first-order chi connectivity index (χ1) is 7.33. The van der Waals surface area contributed by atoms with E-state index in [4.69, 9.17) is 5.11 Å². The molecule has 2 N–H and O–H groups in total. The van der Waals surface area contributed by atoms with Gasteiger partial charge in [-0.05, 0) is 18.1 Å². The number of amides is 1. The quantitative estimate of drug-likeness (QED) is 0.778. The summed E-state index contributed by atoms with van der Waals surface area (Å²) in [7, 11) is 0. The molecule has 1 aromatic carbocycles. The van der Waals surface area contributed by atoms with Gasteiger partial charge >= 0.3 is 0 Å². The van der Waals surface area contributed by atoms with Gasteiger partial charge in [-0.25, -0.2) is 0 Å². The van der Waals surface area contributed by atoms with Crippen LogP contribution in [0.4, 0.5) is 0 Å². The lowest BCUT2D eigenvalue weighted by Gasteiger charge is -2.08. The Kier molecular flexibility index (Phi) is 4.31. The highest BCUT2D eigenvalue weighted by atomic mass is 16.3. The summed E-state index contributed by atoms with van der Waals surface area (Å²) in [6.45, 7) is 4.10. The van der Waals surface area contributed by atoms with Gasteiger partial charge in [-0.2, -0.15) is 0 Å². The van der Waals surface area contributed by atoms with E-state index in [2.05, 4.69) is 5.32 Å². The van der Waals surface area contributed by atoms with Gasteiger partial charge in [-0.15, -0.1) is 0 Å². The van der Waals surface area contributed by atoms with Crippen molar-refractivity contribution in [3.05, 3.63) is 35.4 Å². The maximum Gasteiger partial charge on any atom is 0.252 e. The van der Waals surface area contributed by atoms with Gasteiger partial charge in [-0.3, -0.25) is 4.79 Å². The number of nitrogens with one attached hydrogen (secondary N) is 1. The molecule has 0 saturated heterocycles. The predicted octanol–water partition coefficient (Wildman–Crippen LogP) is 1.88. The number of benzene rings is 1. The number of carbonyl (C=O) groups is 1. The molecule has 3 heteroatoms. The molecule has 0 bridgehead atoms. The van der Waals surface area contributed by atoms with E-state index < -0.39 is 0 Å². The van der Waals surface area contributed by atoms with E-state index in [1.807, 2.05) is 38.1 Å². The Balaban J connectivity index is 0.000000531. The Labute approximate surface area is 90.1 Å². The Morgan fingerprint density at radius 3 is 2.67 bits per heavy atom. The van der Waals surface area contributed by atoms with Crippen molar-refractivity contribution in [1.29, 1.82) is 0 Å². The summed E-state index contributed by atoms with van der Waals surface area (Å²) in [5, 5.41) is 11.6. The van der Waals surface area contributed by atoms with E-state index in [0.29, 0.717) is 6.42 Å². The summed E-state index contributed by atoms with van der Waals surface area (Å²) < 4.78 is 0. The second kappa shape index (κ2) is 5.51. The standard InChI is InChI=1S/C10H11NO2.C2H6/c12-6-5-9-7-3-1-2-4-8(7)10(13)11-9;1-2/h1-4,9,12H,5-6H2,(H,11,13);1-2H3/t9-;/m0./s1. The first kappa shape index (κ1) is 11.7. The van der Waals surface area contributed by atoms with Gasteiger partial charge in [0, 0.05) is 12.2 Å². The number of rotatable bonds is 2. The molecule has 15 heavy (non-hydrogen) atoms. The summed E-state index contributed by atoms with van der Waals surface area (Å²) >= 11 is 0. The zero-order chi connectivity index (χ0) is 11.3. The van der Waals surface area contributed by atoms with E-state index in [1.165, 1.54) is 0 Å². The molecule has 2 rings (SSSR count). The van der Waals surface area contributed by atoms with Gasteiger partial charge < -0.3 is 10.4 Å². The lowest BCUT2D eigenvalue weighted by atomic mass is 10.0. The minimum absolute atomic E-state index is 0.00583. The molecule has 1 atom stereocenters. The summed E-state index contributed by atoms with van der Waals surface area (Å²) in [5.74, 6) is -0.0333. The van der Waals surface area contributed by atoms with Crippen LogP contribution in [0.5, 0.6) is 0 Å². The van der Waals surface area contributed by atoms with Crippen molar-refractivity contribution in [2.45, 2.75) is 26.3 Å². The molecule has 1 heterocycles. The maximum atomic E-state index is 11.4. The van der Waals surface area contributed by atoms with E-state index >= 15 is 0 Å². The minimum atomic E-state index is -0.0333. The molecule has 0 unspecified atom stereocenters. The van der Waals surface area contributed by atoms with Crippen molar-refractivity contribution in [3.63, 3.8) is 0 Å². The Morgan fingerprint density at radius 1 is 1.33 bits per heavy atom. The van der Waals surface area contributed by atoms with Crippen molar-refractivity contribution in [1.82, 2.24) is 5.32 Å². The van der Waals surface area contributed by atoms with Gasteiger partial charge in [0.15, 0.2) is 0 Å². The summed E-state index contributed by atoms with van der Waals surface area (Å²) in [4.78, 5) is 11.4. The van der Waals surface area contributed by atoms with Crippen LogP contribution in [-0.4, -0.2) is 17.6 Å². The van der Waals surface area contributed by atoms with Crippen LogP contribution in [0.2, 0.25) is 0 Å². The molecule has 1 aliphatic heterocycles. The molecular formula is C12H17NO2. The van der Waals surface area contributed by atoms with Crippen molar-refractivity contribution in [2.24, 2.45) is 0 Å². The highest BCUT2D eigenvalue weighted by Crippen LogP contribution is 2.26. The lowest BCUT2D eigenvalue weighted by Crippen LogP contribution is -2.19. The average molecular weight is 207 g/mol. The molecule has 0 fully saturated rings. The van der Waals surface area contributed by atoms with Gasteiger partial charge in [0.1, 0.15) is 0 Å². The van der Waals surface area contributed by atoms with Crippen LogP contribution in [0.15, 0.2) is 24.3 Å². The van der Waals surface area contributed by atoms with Crippen molar-refractivity contribution in [2.75, 3.05) is 6.61 Å². The third-order valence-corrected chi connectivity index (χ3v) is 2.30. The molecule has 1 aliphatic rings. The lowest BCUT2D eigenvalue weighted by molar-refractivity contribution is 0.0952. The molecule has 0 aliphatic carbocycles. The van der Waals surface area contributed by atoms with Crippen LogP contribution in [0.1, 0.15) is 42.2 Å². The Morgan fingerprint density at radius 2 is 2.00 bits per heavy atom.